The highest BCUT2D eigenvalue weighted by molar-refractivity contribution is 8.03. The first-order chi connectivity index (χ1) is 14.4. The van der Waals surface area contributed by atoms with Gasteiger partial charge in [-0.25, -0.2) is 14.2 Å². The molecule has 8 heteroatoms. The molecule has 30 heavy (non-hydrogen) atoms. The van der Waals surface area contributed by atoms with Crippen LogP contribution in [0.1, 0.15) is 18.1 Å². The minimum atomic E-state index is -1.10. The second-order valence-corrected chi connectivity index (χ2v) is 7.59. The van der Waals surface area contributed by atoms with E-state index in [-0.39, 0.29) is 22.3 Å². The summed E-state index contributed by atoms with van der Waals surface area (Å²) < 4.78 is 20.8. The van der Waals surface area contributed by atoms with Crippen LogP contribution in [-0.4, -0.2) is 26.9 Å². The maximum atomic E-state index is 13.3. The zero-order valence-electron chi connectivity index (χ0n) is 16.4. The van der Waals surface area contributed by atoms with E-state index in [0.717, 1.165) is 29.2 Å². The van der Waals surface area contributed by atoms with Crippen molar-refractivity contribution in [2.45, 2.75) is 20.0 Å². The van der Waals surface area contributed by atoms with Crippen molar-refractivity contribution in [2.75, 3.05) is 6.26 Å². The Hall–Kier alpha value is -2.77. The predicted molar refractivity (Wildman–Crippen MR) is 119 cm³/mol. The second-order valence-electron chi connectivity index (χ2n) is 6.37. The quantitative estimate of drug-likeness (QED) is 0.271. The highest BCUT2D eigenvalue weighted by Gasteiger charge is 2.14. The number of nitrogens with zero attached hydrogens (tertiary/aromatic N) is 2. The molecule has 0 unspecified atom stereocenters. The van der Waals surface area contributed by atoms with E-state index in [1.165, 1.54) is 23.8 Å². The number of rotatable bonds is 8. The van der Waals surface area contributed by atoms with Crippen molar-refractivity contribution < 1.29 is 19.0 Å². The van der Waals surface area contributed by atoms with Gasteiger partial charge in [0.1, 0.15) is 23.1 Å². The summed E-state index contributed by atoms with van der Waals surface area (Å²) in [5.74, 6) is -1.38. The molecule has 1 aromatic heterocycles. The number of imidazole rings is 1. The van der Waals surface area contributed by atoms with Gasteiger partial charge in [-0.1, -0.05) is 30.7 Å². The number of carboxylic acids is 1. The van der Waals surface area contributed by atoms with Gasteiger partial charge in [0.05, 0.1) is 22.4 Å². The summed E-state index contributed by atoms with van der Waals surface area (Å²) in [7, 11) is 0. The number of hydrogen-bond acceptors (Lipinski definition) is 4. The average Bonchev–Trinajstić information content (AvgIpc) is 3.13. The zero-order valence-corrected chi connectivity index (χ0v) is 18.0. The number of fused-ring (bicyclic) bond motifs is 1. The van der Waals surface area contributed by atoms with Crippen molar-refractivity contribution in [2.24, 2.45) is 0 Å². The predicted octanol–water partition coefficient (Wildman–Crippen LogP) is 5.74. The van der Waals surface area contributed by atoms with Gasteiger partial charge in [-0.15, -0.1) is 11.8 Å². The molecule has 0 saturated carbocycles. The number of allylic oxidation sites excluding steroid dienone is 1. The van der Waals surface area contributed by atoms with Crippen LogP contribution >= 0.6 is 23.4 Å². The molecule has 5 nitrogen and oxygen atoms in total. The van der Waals surface area contributed by atoms with E-state index >= 15 is 0 Å². The topological polar surface area (TPSA) is 64.4 Å². The summed E-state index contributed by atoms with van der Waals surface area (Å²) in [6.45, 7) is 2.07. The van der Waals surface area contributed by atoms with E-state index in [0.29, 0.717) is 5.56 Å². The van der Waals surface area contributed by atoms with Crippen LogP contribution < -0.4 is 0 Å². The average molecular weight is 447 g/mol. The molecule has 0 amide bonds. The molecule has 1 heterocycles. The first-order valence-electron chi connectivity index (χ1n) is 9.14. The van der Waals surface area contributed by atoms with Crippen molar-refractivity contribution in [3.63, 3.8) is 0 Å². The van der Waals surface area contributed by atoms with Crippen LogP contribution in [0.4, 0.5) is 4.39 Å². The van der Waals surface area contributed by atoms with Crippen LogP contribution in [0.2, 0.25) is 5.02 Å². The molecular weight excluding hydrogens is 427 g/mol. The number of aryl methyl sites for hydroxylation is 1. The Morgan fingerprint density at radius 1 is 1.33 bits per heavy atom. The summed E-state index contributed by atoms with van der Waals surface area (Å²) in [6.07, 6.45) is 7.50. The molecule has 0 saturated heterocycles. The summed E-state index contributed by atoms with van der Waals surface area (Å²) in [5.41, 5.74) is 3.47. The van der Waals surface area contributed by atoms with Gasteiger partial charge >= 0.3 is 5.97 Å². The Bertz CT molecular complexity index is 1140. The number of benzene rings is 2. The van der Waals surface area contributed by atoms with Crippen LogP contribution in [0, 0.1) is 5.82 Å². The zero-order chi connectivity index (χ0) is 21.7. The molecule has 3 aromatic rings. The fraction of sp³-hybridized carbons (Fsp3) is 0.182. The summed E-state index contributed by atoms with van der Waals surface area (Å²) in [6, 6.07) is 10.00. The van der Waals surface area contributed by atoms with Crippen LogP contribution in [-0.2, 0) is 22.6 Å². The molecule has 0 aliphatic rings. The lowest BCUT2D eigenvalue weighted by atomic mass is 10.1. The molecule has 0 bridgehead atoms. The van der Waals surface area contributed by atoms with Gasteiger partial charge < -0.3 is 14.4 Å². The standard InChI is InChI=1S/C22H20ClFN2O3S/c1-3-14-4-7-18-19(10-14)26(13-25-18)9-8-20(21(30-2)22(27)28)29-12-15-5-6-16(24)11-17(15)23/h4-11,13H,3,12H2,1-2H3,(H,27,28)/b9-8+,21-20+. The van der Waals surface area contributed by atoms with Crippen molar-refractivity contribution >= 4 is 46.6 Å². The number of halogens is 2. The molecule has 1 N–H and O–H groups in total. The Morgan fingerprint density at radius 3 is 2.80 bits per heavy atom. The normalized spacial score (nSPS) is 12.4. The van der Waals surface area contributed by atoms with Crippen molar-refractivity contribution in [3.05, 3.63) is 81.4 Å². The van der Waals surface area contributed by atoms with E-state index in [4.69, 9.17) is 16.3 Å². The van der Waals surface area contributed by atoms with E-state index in [1.807, 2.05) is 22.8 Å². The lowest BCUT2D eigenvalue weighted by Crippen LogP contribution is -2.04. The van der Waals surface area contributed by atoms with Gasteiger partial charge in [0.25, 0.3) is 0 Å². The van der Waals surface area contributed by atoms with Crippen molar-refractivity contribution in [1.29, 1.82) is 0 Å². The van der Waals surface area contributed by atoms with Crippen LogP contribution in [0.15, 0.2) is 59.5 Å². The fourth-order valence-electron chi connectivity index (χ4n) is 2.84. The first-order valence-corrected chi connectivity index (χ1v) is 10.7. The largest absolute Gasteiger partial charge is 0.487 e. The molecule has 0 radical (unpaired) electrons. The molecule has 0 fully saturated rings. The number of aromatic nitrogens is 2. The maximum Gasteiger partial charge on any atom is 0.345 e. The van der Waals surface area contributed by atoms with E-state index in [1.54, 1.807) is 24.9 Å². The van der Waals surface area contributed by atoms with Crippen molar-refractivity contribution in [1.82, 2.24) is 9.55 Å². The summed E-state index contributed by atoms with van der Waals surface area (Å²) >= 11 is 7.11. The second kappa shape index (κ2) is 9.82. The number of carbonyl (C=O) groups is 1. The molecule has 0 spiro atoms. The Labute approximate surface area is 182 Å². The molecule has 0 aliphatic carbocycles. The minimum absolute atomic E-state index is 0.000780. The molecule has 2 aromatic carbocycles. The van der Waals surface area contributed by atoms with Crippen molar-refractivity contribution in [3.8, 4) is 0 Å². The van der Waals surface area contributed by atoms with Gasteiger partial charge in [-0.3, -0.25) is 0 Å². The van der Waals surface area contributed by atoms with Gasteiger partial charge in [0.15, 0.2) is 0 Å². The molecule has 0 aliphatic heterocycles. The van der Waals surface area contributed by atoms with Crippen LogP contribution in [0.3, 0.4) is 0 Å². The van der Waals surface area contributed by atoms with Crippen LogP contribution in [0.25, 0.3) is 17.2 Å². The number of thioether (sulfide) groups is 1. The molecular formula is C22H20ClFN2O3S. The Balaban J connectivity index is 1.92. The maximum absolute atomic E-state index is 13.3. The number of aliphatic carboxylic acids is 1. The summed E-state index contributed by atoms with van der Waals surface area (Å²) in [5, 5.41) is 9.76. The van der Waals surface area contributed by atoms with Gasteiger partial charge in [0.2, 0.25) is 0 Å². The fourth-order valence-corrected chi connectivity index (χ4v) is 3.56. The summed E-state index contributed by atoms with van der Waals surface area (Å²) in [4.78, 5) is 16.1. The van der Waals surface area contributed by atoms with E-state index < -0.39 is 11.8 Å². The Morgan fingerprint density at radius 2 is 2.13 bits per heavy atom. The van der Waals surface area contributed by atoms with E-state index in [2.05, 4.69) is 11.9 Å². The molecule has 3 rings (SSSR count). The third-order valence-electron chi connectivity index (χ3n) is 4.45. The SMILES string of the molecule is CCc1ccc2ncn(/C=C/C(OCc3ccc(F)cc3Cl)=C(\SC)C(=O)O)c2c1. The number of ether oxygens (including phenoxy) is 1. The lowest BCUT2D eigenvalue weighted by Gasteiger charge is -2.11. The lowest BCUT2D eigenvalue weighted by molar-refractivity contribution is -0.132. The highest BCUT2D eigenvalue weighted by Crippen LogP contribution is 2.24. The third-order valence-corrected chi connectivity index (χ3v) is 5.59. The molecule has 156 valence electrons. The Kier molecular flexibility index (Phi) is 7.18. The number of hydrogen-bond donors (Lipinski definition) is 1. The van der Waals surface area contributed by atoms with Gasteiger partial charge in [0, 0.05) is 11.8 Å². The van der Waals surface area contributed by atoms with E-state index in [9.17, 15) is 14.3 Å². The first kappa shape index (κ1) is 21.9. The van der Waals surface area contributed by atoms with Gasteiger partial charge in [-0.2, -0.15) is 0 Å². The monoisotopic (exact) mass is 446 g/mol. The van der Waals surface area contributed by atoms with Gasteiger partial charge in [-0.05, 0) is 48.6 Å². The minimum Gasteiger partial charge on any atom is -0.487 e. The highest BCUT2D eigenvalue weighted by atomic mass is 35.5. The number of carboxylic acid groups (broad SMARTS) is 1. The molecule has 0 atom stereocenters. The third kappa shape index (κ3) is 5.04. The smallest absolute Gasteiger partial charge is 0.345 e. The van der Waals surface area contributed by atoms with Crippen LogP contribution in [0.5, 0.6) is 0 Å².